The Morgan fingerprint density at radius 1 is 1.50 bits per heavy atom. The molecule has 1 aromatic rings. The number of nitrogens with one attached hydrogen (secondary N) is 1. The summed E-state index contributed by atoms with van der Waals surface area (Å²) in [5.74, 6) is -0.972. The Morgan fingerprint density at radius 2 is 2.17 bits per heavy atom. The third-order valence-electron chi connectivity index (χ3n) is 2.05. The van der Waals surface area contributed by atoms with Gasteiger partial charge in [0, 0.05) is 6.20 Å². The van der Waals surface area contributed by atoms with Crippen LogP contribution < -0.4 is 5.32 Å². The number of carbonyl (C=O) groups excluding carboxylic acids is 2. The zero-order valence-electron chi connectivity index (χ0n) is 9.87. The van der Waals surface area contributed by atoms with Crippen LogP contribution >= 0.6 is 23.2 Å². The lowest BCUT2D eigenvalue weighted by Crippen LogP contribution is -2.39. The highest BCUT2D eigenvalue weighted by Gasteiger charge is 2.18. The molecule has 0 fully saturated rings. The molecule has 0 aliphatic heterocycles. The van der Waals surface area contributed by atoms with Crippen LogP contribution in [-0.2, 0) is 9.53 Å². The summed E-state index contributed by atoms with van der Waals surface area (Å²) in [6.45, 7) is 3.48. The van der Waals surface area contributed by atoms with Crippen molar-refractivity contribution in [2.45, 2.75) is 19.9 Å². The van der Waals surface area contributed by atoms with Gasteiger partial charge in [0.1, 0.15) is 11.2 Å². The number of hydrogen-bond acceptors (Lipinski definition) is 4. The zero-order chi connectivity index (χ0) is 13.7. The Morgan fingerprint density at radius 3 is 2.72 bits per heavy atom. The highest BCUT2D eigenvalue weighted by atomic mass is 35.5. The number of ether oxygens (including phenoxy) is 1. The van der Waals surface area contributed by atoms with Gasteiger partial charge in [-0.15, -0.1) is 0 Å². The van der Waals surface area contributed by atoms with E-state index < -0.39 is 17.9 Å². The highest BCUT2D eigenvalue weighted by Crippen LogP contribution is 2.19. The van der Waals surface area contributed by atoms with Crippen molar-refractivity contribution in [2.24, 2.45) is 0 Å². The maximum Gasteiger partial charge on any atom is 0.328 e. The maximum atomic E-state index is 11.8. The number of esters is 1. The number of halogens is 2. The van der Waals surface area contributed by atoms with E-state index in [0.717, 1.165) is 0 Å². The summed E-state index contributed by atoms with van der Waals surface area (Å²) in [5, 5.41) is 2.76. The topological polar surface area (TPSA) is 68.3 Å². The van der Waals surface area contributed by atoms with Gasteiger partial charge >= 0.3 is 5.97 Å². The van der Waals surface area contributed by atoms with E-state index in [-0.39, 0.29) is 22.3 Å². The molecule has 1 rings (SSSR count). The Balaban J connectivity index is 2.70. The van der Waals surface area contributed by atoms with E-state index in [4.69, 9.17) is 27.9 Å². The summed E-state index contributed by atoms with van der Waals surface area (Å²) in [6, 6.07) is 0.635. The lowest BCUT2D eigenvalue weighted by atomic mass is 10.2. The number of nitrogens with zero attached hydrogens (tertiary/aromatic N) is 1. The van der Waals surface area contributed by atoms with Crippen LogP contribution in [0.1, 0.15) is 24.2 Å². The van der Waals surface area contributed by atoms with Crippen LogP contribution in [0.25, 0.3) is 0 Å². The van der Waals surface area contributed by atoms with Crippen LogP contribution in [0.5, 0.6) is 0 Å². The Labute approximate surface area is 114 Å². The molecule has 1 amide bonds. The van der Waals surface area contributed by atoms with Gasteiger partial charge in [0.2, 0.25) is 0 Å². The minimum absolute atomic E-state index is 0.117. The molecule has 0 saturated heterocycles. The van der Waals surface area contributed by atoms with E-state index in [0.29, 0.717) is 0 Å². The van der Waals surface area contributed by atoms with Crippen LogP contribution in [0.15, 0.2) is 12.3 Å². The van der Waals surface area contributed by atoms with Crippen molar-refractivity contribution >= 4 is 35.1 Å². The molecule has 1 atom stereocenters. The number of carbonyl (C=O) groups is 2. The van der Waals surface area contributed by atoms with Gasteiger partial charge in [-0.2, -0.15) is 0 Å². The summed E-state index contributed by atoms with van der Waals surface area (Å²) >= 11 is 11.4. The molecule has 0 radical (unpaired) electrons. The predicted octanol–water partition coefficient (Wildman–Crippen LogP) is 2.07. The summed E-state index contributed by atoms with van der Waals surface area (Å²) in [4.78, 5) is 26.8. The number of amides is 1. The summed E-state index contributed by atoms with van der Waals surface area (Å²) in [5.41, 5.74) is 0.223. The van der Waals surface area contributed by atoms with E-state index in [9.17, 15) is 9.59 Å². The minimum Gasteiger partial charge on any atom is -0.464 e. The largest absolute Gasteiger partial charge is 0.464 e. The maximum absolute atomic E-state index is 11.8. The summed E-state index contributed by atoms with van der Waals surface area (Å²) in [7, 11) is 0. The number of hydrogen-bond donors (Lipinski definition) is 1. The van der Waals surface area contributed by atoms with E-state index in [1.165, 1.54) is 19.2 Å². The van der Waals surface area contributed by atoms with Crippen molar-refractivity contribution < 1.29 is 14.3 Å². The van der Waals surface area contributed by atoms with Gasteiger partial charge in [-0.25, -0.2) is 9.78 Å². The highest BCUT2D eigenvalue weighted by molar-refractivity contribution is 6.41. The Hall–Kier alpha value is -1.33. The van der Waals surface area contributed by atoms with Crippen LogP contribution in [0.4, 0.5) is 0 Å². The minimum atomic E-state index is -0.744. The summed E-state index contributed by atoms with van der Waals surface area (Å²) in [6.07, 6.45) is 1.28. The molecular weight excluding hydrogens is 279 g/mol. The molecule has 18 heavy (non-hydrogen) atoms. The molecule has 0 aliphatic rings. The molecule has 0 aliphatic carbocycles. The first-order valence-corrected chi connectivity index (χ1v) is 5.99. The molecule has 1 aromatic heterocycles. The standard InChI is InChI=1S/C11H12Cl2N2O3/c1-3-18-11(17)6(2)15-10(16)7-4-8(12)9(13)14-5-7/h4-6H,3H2,1-2H3,(H,15,16). The zero-order valence-corrected chi connectivity index (χ0v) is 11.4. The van der Waals surface area contributed by atoms with Crippen molar-refractivity contribution in [3.05, 3.63) is 28.0 Å². The molecule has 0 saturated carbocycles. The van der Waals surface area contributed by atoms with Crippen LogP contribution in [0, 0.1) is 0 Å². The fourth-order valence-corrected chi connectivity index (χ4v) is 1.42. The second-order valence-corrected chi connectivity index (χ2v) is 4.21. The van der Waals surface area contributed by atoms with E-state index in [2.05, 4.69) is 10.3 Å². The molecule has 98 valence electrons. The molecular formula is C11H12Cl2N2O3. The van der Waals surface area contributed by atoms with Crippen LogP contribution in [0.2, 0.25) is 10.2 Å². The quantitative estimate of drug-likeness (QED) is 0.681. The van der Waals surface area contributed by atoms with Crippen molar-refractivity contribution in [1.29, 1.82) is 0 Å². The van der Waals surface area contributed by atoms with Gasteiger partial charge in [-0.3, -0.25) is 4.79 Å². The van der Waals surface area contributed by atoms with Crippen LogP contribution in [-0.4, -0.2) is 29.5 Å². The first-order valence-electron chi connectivity index (χ1n) is 5.24. The number of aromatic nitrogens is 1. The van der Waals surface area contributed by atoms with Gasteiger partial charge < -0.3 is 10.1 Å². The number of pyridine rings is 1. The average Bonchev–Trinajstić information content (AvgIpc) is 2.32. The van der Waals surface area contributed by atoms with Gasteiger partial charge in [0.05, 0.1) is 17.2 Å². The van der Waals surface area contributed by atoms with E-state index in [1.54, 1.807) is 6.92 Å². The number of rotatable bonds is 4. The predicted molar refractivity (Wildman–Crippen MR) is 67.8 cm³/mol. The second kappa shape index (κ2) is 6.56. The Bertz CT molecular complexity index is 466. The lowest BCUT2D eigenvalue weighted by molar-refractivity contribution is -0.144. The molecule has 0 bridgehead atoms. The van der Waals surface area contributed by atoms with Crippen LogP contribution in [0.3, 0.4) is 0 Å². The van der Waals surface area contributed by atoms with E-state index in [1.807, 2.05) is 0 Å². The van der Waals surface area contributed by atoms with Gasteiger partial charge in [-0.05, 0) is 19.9 Å². The Kier molecular flexibility index (Phi) is 5.37. The fourth-order valence-electron chi connectivity index (χ4n) is 1.15. The summed E-state index contributed by atoms with van der Waals surface area (Å²) < 4.78 is 4.77. The van der Waals surface area contributed by atoms with Crippen molar-refractivity contribution in [3.8, 4) is 0 Å². The third kappa shape index (κ3) is 3.85. The second-order valence-electron chi connectivity index (χ2n) is 3.44. The molecule has 0 aromatic carbocycles. The molecule has 0 spiro atoms. The van der Waals surface area contributed by atoms with E-state index >= 15 is 0 Å². The monoisotopic (exact) mass is 290 g/mol. The molecule has 7 heteroatoms. The molecule has 1 heterocycles. The fraction of sp³-hybridized carbons (Fsp3) is 0.364. The van der Waals surface area contributed by atoms with Crippen molar-refractivity contribution in [3.63, 3.8) is 0 Å². The first kappa shape index (κ1) is 14.7. The van der Waals surface area contributed by atoms with Gasteiger partial charge in [0.15, 0.2) is 0 Å². The molecule has 1 unspecified atom stereocenters. The molecule has 1 N–H and O–H groups in total. The average molecular weight is 291 g/mol. The van der Waals surface area contributed by atoms with Gasteiger partial charge in [0.25, 0.3) is 5.91 Å². The van der Waals surface area contributed by atoms with Crippen molar-refractivity contribution in [2.75, 3.05) is 6.61 Å². The molecule has 5 nitrogen and oxygen atoms in total. The third-order valence-corrected chi connectivity index (χ3v) is 2.73. The first-order chi connectivity index (χ1) is 8.45. The van der Waals surface area contributed by atoms with Crippen molar-refractivity contribution in [1.82, 2.24) is 10.3 Å². The SMILES string of the molecule is CCOC(=O)C(C)NC(=O)c1cnc(Cl)c(Cl)c1. The normalized spacial score (nSPS) is 11.8. The lowest BCUT2D eigenvalue weighted by Gasteiger charge is -2.12. The smallest absolute Gasteiger partial charge is 0.328 e. The van der Waals surface area contributed by atoms with Gasteiger partial charge in [-0.1, -0.05) is 23.2 Å².